The number of carboxylic acids is 1. The van der Waals surface area contributed by atoms with E-state index in [1.54, 1.807) is 43.3 Å². The second-order valence-corrected chi connectivity index (χ2v) is 8.13. The van der Waals surface area contributed by atoms with Gasteiger partial charge in [0.2, 0.25) is 0 Å². The number of aliphatic carboxylic acids is 1. The van der Waals surface area contributed by atoms with Crippen molar-refractivity contribution in [3.63, 3.8) is 0 Å². The molecule has 6 nitrogen and oxygen atoms in total. The Balaban J connectivity index is 1.82. The number of hydrogen-bond acceptors (Lipinski definition) is 5. The Morgan fingerprint density at radius 1 is 1.25 bits per heavy atom. The number of methoxy groups -OCH3 is 1. The maximum Gasteiger partial charge on any atom is 0.313 e. The van der Waals surface area contributed by atoms with Crippen LogP contribution in [0.4, 0.5) is 4.39 Å². The van der Waals surface area contributed by atoms with Crippen molar-refractivity contribution < 1.29 is 23.8 Å². The van der Waals surface area contributed by atoms with Crippen molar-refractivity contribution in [3.05, 3.63) is 81.9 Å². The number of benzene rings is 2. The van der Waals surface area contributed by atoms with Gasteiger partial charge in [0.15, 0.2) is 5.78 Å². The van der Waals surface area contributed by atoms with Gasteiger partial charge in [0.25, 0.3) is 0 Å². The van der Waals surface area contributed by atoms with E-state index in [0.29, 0.717) is 39.2 Å². The molecule has 0 unspecified atom stereocenters. The first-order valence-electron chi connectivity index (χ1n) is 9.50. The van der Waals surface area contributed by atoms with Crippen molar-refractivity contribution in [2.24, 2.45) is 0 Å². The SMILES string of the molecule is COc1ccc(C(=O)/C=C/c2c(C)nn(-c3ccc(F)cc3)c2Cl)cc1CSCC(=O)O. The Morgan fingerprint density at radius 2 is 1.97 bits per heavy atom. The molecule has 0 saturated carbocycles. The summed E-state index contributed by atoms with van der Waals surface area (Å²) in [6, 6.07) is 10.8. The van der Waals surface area contributed by atoms with E-state index in [1.807, 2.05) is 0 Å². The summed E-state index contributed by atoms with van der Waals surface area (Å²) < 4.78 is 20.0. The smallest absolute Gasteiger partial charge is 0.313 e. The van der Waals surface area contributed by atoms with E-state index in [-0.39, 0.29) is 17.4 Å². The molecule has 0 spiro atoms. The van der Waals surface area contributed by atoms with E-state index in [4.69, 9.17) is 21.4 Å². The summed E-state index contributed by atoms with van der Waals surface area (Å²) >= 11 is 7.68. The van der Waals surface area contributed by atoms with Crippen LogP contribution in [-0.4, -0.2) is 39.5 Å². The number of ketones is 1. The third kappa shape index (κ3) is 5.57. The highest BCUT2D eigenvalue weighted by Gasteiger charge is 2.14. The number of aryl methyl sites for hydroxylation is 1. The zero-order chi connectivity index (χ0) is 23.3. The lowest BCUT2D eigenvalue weighted by atomic mass is 10.1. The van der Waals surface area contributed by atoms with Crippen molar-refractivity contribution in [2.45, 2.75) is 12.7 Å². The second-order valence-electron chi connectivity index (χ2n) is 6.79. The number of carbonyl (C=O) groups excluding carboxylic acids is 1. The first-order valence-corrected chi connectivity index (χ1v) is 11.0. The monoisotopic (exact) mass is 474 g/mol. The van der Waals surface area contributed by atoms with Crippen molar-refractivity contribution in [1.29, 1.82) is 0 Å². The number of carbonyl (C=O) groups is 2. The number of allylic oxidation sites excluding steroid dienone is 1. The predicted octanol–water partition coefficient (Wildman–Crippen LogP) is 5.20. The summed E-state index contributed by atoms with van der Waals surface area (Å²) in [6.07, 6.45) is 3.00. The topological polar surface area (TPSA) is 81.4 Å². The van der Waals surface area contributed by atoms with Gasteiger partial charge in [-0.3, -0.25) is 9.59 Å². The minimum absolute atomic E-state index is 0.0446. The van der Waals surface area contributed by atoms with E-state index in [9.17, 15) is 14.0 Å². The van der Waals surface area contributed by atoms with Gasteiger partial charge in [0.1, 0.15) is 16.7 Å². The zero-order valence-corrected chi connectivity index (χ0v) is 18.9. The second kappa shape index (κ2) is 10.5. The molecule has 2 aromatic carbocycles. The van der Waals surface area contributed by atoms with Crippen LogP contribution in [0.15, 0.2) is 48.5 Å². The van der Waals surface area contributed by atoms with Crippen LogP contribution in [0.25, 0.3) is 11.8 Å². The molecule has 0 aliphatic carbocycles. The third-order valence-corrected chi connectivity index (χ3v) is 5.90. The van der Waals surface area contributed by atoms with Gasteiger partial charge in [-0.1, -0.05) is 11.6 Å². The largest absolute Gasteiger partial charge is 0.496 e. The Morgan fingerprint density at radius 3 is 2.62 bits per heavy atom. The van der Waals surface area contributed by atoms with E-state index < -0.39 is 5.97 Å². The van der Waals surface area contributed by atoms with Crippen LogP contribution in [0.2, 0.25) is 5.15 Å². The number of rotatable bonds is 9. The van der Waals surface area contributed by atoms with Crippen LogP contribution in [0.5, 0.6) is 5.75 Å². The molecule has 0 aliphatic heterocycles. The van der Waals surface area contributed by atoms with Gasteiger partial charge in [-0.15, -0.1) is 11.8 Å². The number of aromatic nitrogens is 2. The molecule has 0 amide bonds. The Bertz CT molecular complexity index is 1180. The molecule has 0 atom stereocenters. The zero-order valence-electron chi connectivity index (χ0n) is 17.3. The standard InChI is InChI=1S/C23H20ClFN2O4S/c1-14-19(23(24)27(26-14)18-6-4-17(25)5-7-18)8-9-20(28)15-3-10-21(31-2)16(11-15)12-32-13-22(29)30/h3-11H,12-13H2,1-2H3,(H,29,30)/b9-8+. The summed E-state index contributed by atoms with van der Waals surface area (Å²) in [5, 5.41) is 13.5. The molecule has 0 radical (unpaired) electrons. The highest BCUT2D eigenvalue weighted by atomic mass is 35.5. The van der Waals surface area contributed by atoms with E-state index in [1.165, 1.54) is 41.8 Å². The summed E-state index contributed by atoms with van der Waals surface area (Å²) in [7, 11) is 1.52. The molecule has 1 aromatic heterocycles. The molecule has 0 fully saturated rings. The number of thioether (sulfide) groups is 1. The molecule has 9 heteroatoms. The van der Waals surface area contributed by atoms with E-state index >= 15 is 0 Å². The average Bonchev–Trinajstić information content (AvgIpc) is 3.05. The molecular weight excluding hydrogens is 455 g/mol. The summed E-state index contributed by atoms with van der Waals surface area (Å²) in [5.74, 6) is -0.575. The highest BCUT2D eigenvalue weighted by molar-refractivity contribution is 7.99. The third-order valence-electron chi connectivity index (χ3n) is 4.57. The molecule has 3 rings (SSSR count). The van der Waals surface area contributed by atoms with Crippen LogP contribution in [0.1, 0.15) is 27.2 Å². The molecule has 3 aromatic rings. The van der Waals surface area contributed by atoms with Crippen LogP contribution < -0.4 is 4.74 Å². The fourth-order valence-corrected chi connectivity index (χ4v) is 4.06. The van der Waals surface area contributed by atoms with Crippen molar-refractivity contribution in [1.82, 2.24) is 9.78 Å². The molecule has 1 N–H and O–H groups in total. The molecule has 0 bridgehead atoms. The number of ether oxygens (including phenoxy) is 1. The molecule has 0 saturated heterocycles. The maximum absolute atomic E-state index is 13.2. The van der Waals surface area contributed by atoms with Gasteiger partial charge in [0.05, 0.1) is 24.2 Å². The molecule has 0 aliphatic rings. The number of nitrogens with zero attached hydrogens (tertiary/aromatic N) is 2. The van der Waals surface area contributed by atoms with Gasteiger partial charge in [-0.25, -0.2) is 9.07 Å². The van der Waals surface area contributed by atoms with Gasteiger partial charge >= 0.3 is 5.97 Å². The quantitative estimate of drug-likeness (QED) is 0.339. The Kier molecular flexibility index (Phi) is 7.71. The first-order chi connectivity index (χ1) is 15.3. The van der Waals surface area contributed by atoms with Crippen LogP contribution in [-0.2, 0) is 10.5 Å². The lowest BCUT2D eigenvalue weighted by molar-refractivity contribution is -0.133. The minimum atomic E-state index is -0.905. The molecule has 166 valence electrons. The molecular formula is C23H20ClFN2O4S. The predicted molar refractivity (Wildman–Crippen MR) is 123 cm³/mol. The van der Waals surface area contributed by atoms with Crippen molar-refractivity contribution >= 4 is 41.2 Å². The summed E-state index contributed by atoms with van der Waals surface area (Å²) in [6.45, 7) is 1.77. The van der Waals surface area contributed by atoms with Crippen LogP contribution in [0.3, 0.4) is 0 Å². The maximum atomic E-state index is 13.2. The van der Waals surface area contributed by atoms with Gasteiger partial charge in [-0.05, 0) is 61.5 Å². The van der Waals surface area contributed by atoms with Crippen LogP contribution >= 0.6 is 23.4 Å². The van der Waals surface area contributed by atoms with Crippen molar-refractivity contribution in [2.75, 3.05) is 12.9 Å². The van der Waals surface area contributed by atoms with E-state index in [0.717, 1.165) is 5.56 Å². The lowest BCUT2D eigenvalue weighted by Gasteiger charge is -2.09. The fourth-order valence-electron chi connectivity index (χ4n) is 3.00. The van der Waals surface area contributed by atoms with E-state index in [2.05, 4.69) is 5.10 Å². The molecule has 1 heterocycles. The summed E-state index contributed by atoms with van der Waals surface area (Å²) in [5.41, 5.74) is 2.96. The van der Waals surface area contributed by atoms with Gasteiger partial charge < -0.3 is 9.84 Å². The number of carboxylic acid groups (broad SMARTS) is 1. The Labute approximate surface area is 193 Å². The van der Waals surface area contributed by atoms with Gasteiger partial charge in [-0.2, -0.15) is 5.10 Å². The number of halogens is 2. The lowest BCUT2D eigenvalue weighted by Crippen LogP contribution is -2.01. The number of hydrogen-bond donors (Lipinski definition) is 1. The molecule has 32 heavy (non-hydrogen) atoms. The van der Waals surface area contributed by atoms with Gasteiger partial charge in [0, 0.05) is 22.4 Å². The normalized spacial score (nSPS) is 11.1. The fraction of sp³-hybridized carbons (Fsp3) is 0.174. The minimum Gasteiger partial charge on any atom is -0.496 e. The first kappa shape index (κ1) is 23.6. The highest BCUT2D eigenvalue weighted by Crippen LogP contribution is 2.27. The Hall–Kier alpha value is -3.10. The average molecular weight is 475 g/mol. The van der Waals surface area contributed by atoms with Crippen LogP contribution in [0, 0.1) is 12.7 Å². The summed E-state index contributed by atoms with van der Waals surface area (Å²) in [4.78, 5) is 23.5. The van der Waals surface area contributed by atoms with Crippen molar-refractivity contribution in [3.8, 4) is 11.4 Å².